The minimum Gasteiger partial charge on any atom is -0.507 e. The number of phenolic OH excluding ortho intramolecular Hbond substituents is 1. The van der Waals surface area contributed by atoms with Gasteiger partial charge in [0, 0.05) is 35.5 Å². The molecule has 8 nitrogen and oxygen atoms in total. The number of benzene rings is 2. The highest BCUT2D eigenvalue weighted by Crippen LogP contribution is 2.37. The van der Waals surface area contributed by atoms with Crippen molar-refractivity contribution in [3.05, 3.63) is 63.2 Å². The van der Waals surface area contributed by atoms with Crippen molar-refractivity contribution in [3.63, 3.8) is 0 Å². The fourth-order valence-electron chi connectivity index (χ4n) is 4.39. The minimum absolute atomic E-state index is 0.127. The van der Waals surface area contributed by atoms with Gasteiger partial charge in [0.15, 0.2) is 0 Å². The summed E-state index contributed by atoms with van der Waals surface area (Å²) in [6, 6.07) is 8.26. The molecule has 2 atom stereocenters. The van der Waals surface area contributed by atoms with Crippen LogP contribution in [0, 0.1) is 10.1 Å². The van der Waals surface area contributed by atoms with Crippen LogP contribution in [0.5, 0.6) is 5.75 Å². The molecule has 1 aliphatic carbocycles. The first-order chi connectivity index (χ1) is 16.6. The molecule has 0 saturated heterocycles. The molecule has 0 unspecified atom stereocenters. The van der Waals surface area contributed by atoms with Gasteiger partial charge in [0.25, 0.3) is 5.69 Å². The van der Waals surface area contributed by atoms with Crippen molar-refractivity contribution >= 4 is 21.9 Å². The maximum Gasteiger partial charge on any atom is 0.270 e. The summed E-state index contributed by atoms with van der Waals surface area (Å²) >= 11 is 0. The Balaban J connectivity index is 1.92. The third-order valence-electron chi connectivity index (χ3n) is 6.59. The molecule has 0 heterocycles. The molecule has 0 bridgehead atoms. The highest BCUT2D eigenvalue weighted by molar-refractivity contribution is 7.89. The van der Waals surface area contributed by atoms with Gasteiger partial charge in [-0.3, -0.25) is 15.1 Å². The molecule has 1 aliphatic rings. The van der Waals surface area contributed by atoms with E-state index in [2.05, 4.69) is 46.3 Å². The molecular weight excluding hydrogens is 478 g/mol. The highest BCUT2D eigenvalue weighted by Gasteiger charge is 2.30. The molecule has 2 aromatic rings. The zero-order valence-electron chi connectivity index (χ0n) is 21.9. The number of rotatable bonds is 6. The van der Waals surface area contributed by atoms with E-state index in [0.29, 0.717) is 18.4 Å². The van der Waals surface area contributed by atoms with Crippen LogP contribution in [0.4, 0.5) is 5.69 Å². The van der Waals surface area contributed by atoms with Gasteiger partial charge in [-0.2, -0.15) is 0 Å². The van der Waals surface area contributed by atoms with E-state index in [-0.39, 0.29) is 33.2 Å². The normalized spacial score (nSPS) is 19.5. The standard InChI is InChI=1S/C27H37N3O5S/c1-26(2,3)19-14-18(25(31)22(15-19)27(4,5)6)17-28-23-12-7-8-13-24(23)29-36(34,35)21-11-9-10-20(16-21)30(32)33/h9-11,14-17,23-24,29,31H,7-8,12-13H2,1-6H3/t23-,24-/m1/s1. The van der Waals surface area contributed by atoms with Crippen molar-refractivity contribution in [1.82, 2.24) is 4.72 Å². The van der Waals surface area contributed by atoms with Crippen molar-refractivity contribution in [2.75, 3.05) is 0 Å². The average molecular weight is 516 g/mol. The third-order valence-corrected chi connectivity index (χ3v) is 8.08. The minimum atomic E-state index is -3.97. The summed E-state index contributed by atoms with van der Waals surface area (Å²) in [5, 5.41) is 22.2. The van der Waals surface area contributed by atoms with Gasteiger partial charge in [-0.05, 0) is 41.4 Å². The van der Waals surface area contributed by atoms with Crippen molar-refractivity contribution in [1.29, 1.82) is 0 Å². The zero-order valence-corrected chi connectivity index (χ0v) is 22.7. The summed E-state index contributed by atoms with van der Waals surface area (Å²) in [7, 11) is -3.97. The number of hydrogen-bond donors (Lipinski definition) is 2. The predicted octanol–water partition coefficient (Wildman–Crippen LogP) is 5.60. The first-order valence-electron chi connectivity index (χ1n) is 12.3. The van der Waals surface area contributed by atoms with E-state index in [4.69, 9.17) is 4.99 Å². The fraction of sp³-hybridized carbons (Fsp3) is 0.519. The van der Waals surface area contributed by atoms with Crippen LogP contribution in [0.25, 0.3) is 0 Å². The Labute approximate surface area is 214 Å². The van der Waals surface area contributed by atoms with Gasteiger partial charge in [0.1, 0.15) is 5.75 Å². The Morgan fingerprint density at radius 3 is 2.33 bits per heavy atom. The number of non-ortho nitro benzene ring substituents is 1. The fourth-order valence-corrected chi connectivity index (χ4v) is 5.74. The molecule has 0 aliphatic heterocycles. The second kappa shape index (κ2) is 10.3. The van der Waals surface area contributed by atoms with Crippen molar-refractivity contribution in [2.24, 2.45) is 4.99 Å². The molecule has 0 radical (unpaired) electrons. The number of aliphatic imine (C=N–C) groups is 1. The lowest BCUT2D eigenvalue weighted by Gasteiger charge is -2.29. The van der Waals surface area contributed by atoms with Gasteiger partial charge in [-0.15, -0.1) is 0 Å². The summed E-state index contributed by atoms with van der Waals surface area (Å²) in [6.07, 6.45) is 4.73. The van der Waals surface area contributed by atoms with E-state index in [1.165, 1.54) is 18.2 Å². The van der Waals surface area contributed by atoms with Crippen molar-refractivity contribution in [3.8, 4) is 5.75 Å². The molecular formula is C27H37N3O5S. The molecule has 196 valence electrons. The number of phenols is 1. The van der Waals surface area contributed by atoms with Gasteiger partial charge in [0.05, 0.1) is 15.9 Å². The van der Waals surface area contributed by atoms with Crippen LogP contribution in [0.2, 0.25) is 0 Å². The maximum absolute atomic E-state index is 13.0. The largest absolute Gasteiger partial charge is 0.507 e. The van der Waals surface area contributed by atoms with Crippen LogP contribution in [0.3, 0.4) is 0 Å². The van der Waals surface area contributed by atoms with Crippen LogP contribution < -0.4 is 4.72 Å². The average Bonchev–Trinajstić information content (AvgIpc) is 2.77. The summed E-state index contributed by atoms with van der Waals surface area (Å²) < 4.78 is 28.8. The smallest absolute Gasteiger partial charge is 0.270 e. The maximum atomic E-state index is 13.0. The van der Waals surface area contributed by atoms with Crippen LogP contribution >= 0.6 is 0 Å². The molecule has 2 aromatic carbocycles. The van der Waals surface area contributed by atoms with E-state index in [9.17, 15) is 23.6 Å². The summed E-state index contributed by atoms with van der Waals surface area (Å²) in [6.45, 7) is 12.5. The summed E-state index contributed by atoms with van der Waals surface area (Å²) in [5.41, 5.74) is 1.85. The second-order valence-electron chi connectivity index (χ2n) is 11.6. The van der Waals surface area contributed by atoms with Gasteiger partial charge in [-0.1, -0.05) is 66.5 Å². The molecule has 0 amide bonds. The lowest BCUT2D eigenvalue weighted by molar-refractivity contribution is -0.385. The zero-order chi connectivity index (χ0) is 26.9. The number of nitro benzene ring substituents is 1. The lowest BCUT2D eigenvalue weighted by Crippen LogP contribution is -2.44. The first-order valence-corrected chi connectivity index (χ1v) is 13.8. The predicted molar refractivity (Wildman–Crippen MR) is 143 cm³/mol. The van der Waals surface area contributed by atoms with Gasteiger partial charge >= 0.3 is 0 Å². The Bertz CT molecular complexity index is 1260. The van der Waals surface area contributed by atoms with Gasteiger partial charge in [0.2, 0.25) is 10.0 Å². The van der Waals surface area contributed by atoms with E-state index in [1.807, 2.05) is 12.1 Å². The molecule has 0 aromatic heterocycles. The van der Waals surface area contributed by atoms with E-state index >= 15 is 0 Å². The second-order valence-corrected chi connectivity index (χ2v) is 13.3. The molecule has 9 heteroatoms. The van der Waals surface area contributed by atoms with Gasteiger partial charge in [-0.25, -0.2) is 13.1 Å². The van der Waals surface area contributed by atoms with Crippen LogP contribution in [0.15, 0.2) is 46.3 Å². The Morgan fingerprint density at radius 2 is 1.72 bits per heavy atom. The van der Waals surface area contributed by atoms with Crippen molar-refractivity contribution < 1.29 is 18.4 Å². The van der Waals surface area contributed by atoms with Crippen LogP contribution in [0.1, 0.15) is 83.9 Å². The number of hydrogen-bond acceptors (Lipinski definition) is 6. The number of sulfonamides is 1. The third kappa shape index (κ3) is 6.50. The quantitative estimate of drug-likeness (QED) is 0.294. The monoisotopic (exact) mass is 515 g/mol. The molecule has 36 heavy (non-hydrogen) atoms. The molecule has 2 N–H and O–H groups in total. The Morgan fingerprint density at radius 1 is 1.06 bits per heavy atom. The SMILES string of the molecule is CC(C)(C)c1cc(C=N[C@@H]2CCCC[C@H]2NS(=O)(=O)c2cccc([N+](=O)[O-])c2)c(O)c(C(C)(C)C)c1. The number of nitrogens with one attached hydrogen (secondary N) is 1. The molecule has 1 saturated carbocycles. The molecule has 0 spiro atoms. The summed E-state index contributed by atoms with van der Waals surface area (Å²) in [4.78, 5) is 15.1. The molecule has 3 rings (SSSR count). The van der Waals surface area contributed by atoms with E-state index < -0.39 is 21.0 Å². The Kier molecular flexibility index (Phi) is 7.95. The first kappa shape index (κ1) is 27.8. The number of nitrogens with zero attached hydrogens (tertiary/aromatic N) is 2. The van der Waals surface area contributed by atoms with Crippen molar-refractivity contribution in [2.45, 2.75) is 95.0 Å². The molecule has 1 fully saturated rings. The van der Waals surface area contributed by atoms with Gasteiger partial charge < -0.3 is 5.11 Å². The number of aromatic hydroxyl groups is 1. The summed E-state index contributed by atoms with van der Waals surface area (Å²) in [5.74, 6) is 0.184. The van der Waals surface area contributed by atoms with E-state index in [0.717, 1.165) is 30.0 Å². The Hall–Kier alpha value is -2.78. The van der Waals surface area contributed by atoms with Crippen LogP contribution in [-0.2, 0) is 20.9 Å². The lowest BCUT2D eigenvalue weighted by atomic mass is 9.79. The van der Waals surface area contributed by atoms with Crippen LogP contribution in [-0.4, -0.2) is 36.7 Å². The highest BCUT2D eigenvalue weighted by atomic mass is 32.2. The van der Waals surface area contributed by atoms with E-state index in [1.54, 1.807) is 6.21 Å². The topological polar surface area (TPSA) is 122 Å². The number of nitro groups is 1.